The minimum Gasteiger partial charge on any atom is -0.497 e. The first-order valence-electron chi connectivity index (χ1n) is 9.67. The van der Waals surface area contributed by atoms with Crippen molar-refractivity contribution in [1.29, 1.82) is 5.26 Å². The number of esters is 1. The predicted molar refractivity (Wildman–Crippen MR) is 112 cm³/mol. The van der Waals surface area contributed by atoms with Crippen LogP contribution in [0.2, 0.25) is 0 Å². The Labute approximate surface area is 188 Å². The van der Waals surface area contributed by atoms with Crippen LogP contribution in [-0.4, -0.2) is 24.0 Å². The summed E-state index contributed by atoms with van der Waals surface area (Å²) in [5, 5.41) is 11.3. The molecular formula is C23H20F3N3O4. The lowest BCUT2D eigenvalue weighted by molar-refractivity contribution is -0.151. The highest BCUT2D eigenvalue weighted by molar-refractivity contribution is 5.96. The number of rotatable bonds is 4. The molecule has 0 radical (unpaired) electrons. The van der Waals surface area contributed by atoms with Gasteiger partial charge in [0.15, 0.2) is 5.54 Å². The fourth-order valence-corrected chi connectivity index (χ4v) is 3.67. The molecule has 7 nitrogen and oxygen atoms in total. The van der Waals surface area contributed by atoms with Crippen LogP contribution >= 0.6 is 0 Å². The van der Waals surface area contributed by atoms with Gasteiger partial charge in [0.2, 0.25) is 0 Å². The lowest BCUT2D eigenvalue weighted by atomic mass is 9.91. The third kappa shape index (κ3) is 4.35. The highest BCUT2D eigenvalue weighted by Gasteiger charge is 2.51. The summed E-state index contributed by atoms with van der Waals surface area (Å²) < 4.78 is 50.3. The molecule has 2 aromatic carbocycles. The summed E-state index contributed by atoms with van der Waals surface area (Å²) in [5.41, 5.74) is -2.42. The number of anilines is 1. The summed E-state index contributed by atoms with van der Waals surface area (Å²) in [6, 6.07) is 8.40. The first-order chi connectivity index (χ1) is 15.4. The van der Waals surface area contributed by atoms with Crippen LogP contribution in [0.15, 0.2) is 48.7 Å². The number of carbonyl (C=O) groups excluding carboxylic acids is 2. The maximum absolute atomic E-state index is 13.3. The van der Waals surface area contributed by atoms with Gasteiger partial charge in [0.25, 0.3) is 0 Å². The summed E-state index contributed by atoms with van der Waals surface area (Å²) in [7, 11) is 1.47. The molecule has 3 rings (SSSR count). The molecule has 1 atom stereocenters. The predicted octanol–water partition coefficient (Wildman–Crippen LogP) is 4.93. The van der Waals surface area contributed by atoms with E-state index in [0.29, 0.717) is 22.9 Å². The van der Waals surface area contributed by atoms with Crippen LogP contribution in [0, 0.1) is 11.3 Å². The second-order valence-corrected chi connectivity index (χ2v) is 7.57. The minimum absolute atomic E-state index is 0.0252. The molecule has 1 aliphatic heterocycles. The third-order valence-electron chi connectivity index (χ3n) is 5.31. The number of allylic oxidation sites excluding steroid dienone is 1. The van der Waals surface area contributed by atoms with E-state index in [1.54, 1.807) is 18.2 Å². The lowest BCUT2D eigenvalue weighted by Crippen LogP contribution is -2.50. The number of ether oxygens (including phenoxy) is 2. The summed E-state index contributed by atoms with van der Waals surface area (Å²) in [6.07, 6.45) is -4.79. The number of hydrogen-bond acceptors (Lipinski definition) is 5. The van der Waals surface area contributed by atoms with E-state index in [4.69, 9.17) is 14.7 Å². The van der Waals surface area contributed by atoms with Crippen molar-refractivity contribution in [3.05, 3.63) is 71.0 Å². The molecule has 0 aromatic heterocycles. The van der Waals surface area contributed by atoms with Crippen LogP contribution in [0.25, 0.3) is 0 Å². The Morgan fingerprint density at radius 1 is 1.24 bits per heavy atom. The zero-order chi connectivity index (χ0) is 24.6. The van der Waals surface area contributed by atoms with Crippen molar-refractivity contribution in [3.8, 4) is 11.8 Å². The molecule has 172 valence electrons. The zero-order valence-electron chi connectivity index (χ0n) is 18.0. The Morgan fingerprint density at radius 3 is 2.52 bits per heavy atom. The minimum atomic E-state index is -4.79. The first kappa shape index (κ1) is 23.7. The van der Waals surface area contributed by atoms with E-state index in [-0.39, 0.29) is 18.0 Å². The van der Waals surface area contributed by atoms with E-state index in [2.05, 4.69) is 11.9 Å². The number of carbonyl (C=O) groups is 2. The number of urea groups is 1. The van der Waals surface area contributed by atoms with Gasteiger partial charge in [0.1, 0.15) is 5.75 Å². The number of amides is 2. The highest BCUT2D eigenvalue weighted by atomic mass is 19.4. The Morgan fingerprint density at radius 2 is 1.94 bits per heavy atom. The van der Waals surface area contributed by atoms with Crippen LogP contribution < -0.4 is 10.1 Å². The molecule has 1 heterocycles. The number of alkyl halides is 3. The number of benzene rings is 2. The van der Waals surface area contributed by atoms with E-state index >= 15 is 0 Å². The molecule has 0 fully saturated rings. The number of methoxy groups -OCH3 is 1. The first-order valence-corrected chi connectivity index (χ1v) is 9.67. The molecule has 0 saturated heterocycles. The number of hydrogen-bond donors (Lipinski definition) is 1. The van der Waals surface area contributed by atoms with E-state index in [1.807, 2.05) is 0 Å². The van der Waals surface area contributed by atoms with Gasteiger partial charge in [0.05, 0.1) is 30.1 Å². The third-order valence-corrected chi connectivity index (χ3v) is 5.31. The molecule has 1 unspecified atom stereocenters. The monoisotopic (exact) mass is 459 g/mol. The normalized spacial score (nSPS) is 17.1. The van der Waals surface area contributed by atoms with Crippen molar-refractivity contribution < 1.29 is 32.2 Å². The van der Waals surface area contributed by atoms with E-state index in [1.165, 1.54) is 33.1 Å². The molecule has 10 heteroatoms. The molecule has 0 bridgehead atoms. The van der Waals surface area contributed by atoms with Gasteiger partial charge in [-0.05, 0) is 55.3 Å². The number of nitrogens with one attached hydrogen (secondary N) is 1. The van der Waals surface area contributed by atoms with Crippen molar-refractivity contribution in [1.82, 2.24) is 4.90 Å². The average Bonchev–Trinajstić information content (AvgIpc) is 3.05. The van der Waals surface area contributed by atoms with Crippen LogP contribution in [0.4, 0.5) is 23.7 Å². The summed E-state index contributed by atoms with van der Waals surface area (Å²) in [5.74, 6) is -0.149. The fourth-order valence-electron chi connectivity index (χ4n) is 3.67. The zero-order valence-corrected chi connectivity index (χ0v) is 18.0. The second kappa shape index (κ2) is 8.50. The molecule has 0 aliphatic carbocycles. The van der Waals surface area contributed by atoms with Crippen LogP contribution in [0.3, 0.4) is 0 Å². The standard InChI is InChI=1S/C23H20F3N3O4/c1-13(2)33-20(30)22(3)18-8-7-17(32-4)9-15(18)12-29(22)21(31)28-16-6-5-14(11-27)19(10-16)23(24,25)26/h5-10H,1,12H2,2-4H3,(H,28,31). The van der Waals surface area contributed by atoms with Gasteiger partial charge in [-0.3, -0.25) is 4.90 Å². The summed E-state index contributed by atoms with van der Waals surface area (Å²) in [6.45, 7) is 6.49. The van der Waals surface area contributed by atoms with Crippen molar-refractivity contribution in [2.45, 2.75) is 32.1 Å². The lowest BCUT2D eigenvalue weighted by Gasteiger charge is -2.33. The molecule has 0 saturated carbocycles. The largest absolute Gasteiger partial charge is 0.497 e. The van der Waals surface area contributed by atoms with Gasteiger partial charge < -0.3 is 14.8 Å². The van der Waals surface area contributed by atoms with Gasteiger partial charge in [-0.15, -0.1) is 0 Å². The Bertz CT molecular complexity index is 1190. The molecule has 1 aliphatic rings. The molecule has 0 spiro atoms. The Hall–Kier alpha value is -4.00. The maximum Gasteiger partial charge on any atom is 0.417 e. The van der Waals surface area contributed by atoms with Crippen LogP contribution in [0.5, 0.6) is 5.75 Å². The smallest absolute Gasteiger partial charge is 0.417 e. The average molecular weight is 459 g/mol. The molecular weight excluding hydrogens is 439 g/mol. The van der Waals surface area contributed by atoms with Gasteiger partial charge >= 0.3 is 18.2 Å². The Kier molecular flexibility index (Phi) is 6.09. The van der Waals surface area contributed by atoms with E-state index in [9.17, 15) is 22.8 Å². The van der Waals surface area contributed by atoms with Gasteiger partial charge in [-0.2, -0.15) is 18.4 Å². The van der Waals surface area contributed by atoms with E-state index < -0.39 is 34.8 Å². The van der Waals surface area contributed by atoms with Gasteiger partial charge in [-0.1, -0.05) is 12.6 Å². The van der Waals surface area contributed by atoms with Crippen molar-refractivity contribution in [3.63, 3.8) is 0 Å². The van der Waals surface area contributed by atoms with Crippen LogP contribution in [0.1, 0.15) is 36.1 Å². The van der Waals surface area contributed by atoms with Crippen LogP contribution in [-0.2, 0) is 27.8 Å². The fraction of sp³-hybridized carbons (Fsp3) is 0.261. The Balaban J connectivity index is 2.00. The number of fused-ring (bicyclic) bond motifs is 1. The summed E-state index contributed by atoms with van der Waals surface area (Å²) in [4.78, 5) is 27.3. The van der Waals surface area contributed by atoms with Crippen molar-refractivity contribution in [2.24, 2.45) is 0 Å². The topological polar surface area (TPSA) is 91.7 Å². The molecule has 2 aromatic rings. The van der Waals surface area contributed by atoms with Gasteiger partial charge in [-0.25, -0.2) is 9.59 Å². The number of halogens is 3. The maximum atomic E-state index is 13.3. The molecule has 33 heavy (non-hydrogen) atoms. The SMILES string of the molecule is C=C(C)OC(=O)C1(C)c2ccc(OC)cc2CN1C(=O)Nc1ccc(C#N)c(C(F)(F)F)c1. The number of nitrogens with zero attached hydrogens (tertiary/aromatic N) is 2. The molecule has 1 N–H and O–H groups in total. The quantitative estimate of drug-likeness (QED) is 0.517. The van der Waals surface area contributed by atoms with Gasteiger partial charge in [0, 0.05) is 12.2 Å². The highest BCUT2D eigenvalue weighted by Crippen LogP contribution is 2.42. The van der Waals surface area contributed by atoms with Crippen molar-refractivity contribution >= 4 is 17.7 Å². The molecule has 2 amide bonds. The van der Waals surface area contributed by atoms with Crippen molar-refractivity contribution in [2.75, 3.05) is 12.4 Å². The summed E-state index contributed by atoms with van der Waals surface area (Å²) >= 11 is 0. The second-order valence-electron chi connectivity index (χ2n) is 7.57. The van der Waals surface area contributed by atoms with E-state index in [0.717, 1.165) is 11.0 Å². The number of nitriles is 1.